The normalized spacial score (nSPS) is 12.1. The summed E-state index contributed by atoms with van der Waals surface area (Å²) in [6.07, 6.45) is 4.35. The molecule has 2 heterocycles. The molecule has 2 aromatic rings. The van der Waals surface area contributed by atoms with Crippen LogP contribution in [0.25, 0.3) is 0 Å². The Hall–Kier alpha value is -1.55. The zero-order valence-electron chi connectivity index (χ0n) is 13.3. The van der Waals surface area contributed by atoms with E-state index in [4.69, 9.17) is 0 Å². The van der Waals surface area contributed by atoms with Crippen molar-refractivity contribution in [2.24, 2.45) is 0 Å². The summed E-state index contributed by atoms with van der Waals surface area (Å²) < 4.78 is 4.30. The highest BCUT2D eigenvalue weighted by Gasteiger charge is 2.09. The number of rotatable bonds is 5. The Morgan fingerprint density at radius 1 is 1.30 bits per heavy atom. The molecule has 0 bridgehead atoms. The molecule has 1 N–H and O–H groups in total. The van der Waals surface area contributed by atoms with Crippen molar-refractivity contribution in [3.8, 4) is 0 Å². The summed E-state index contributed by atoms with van der Waals surface area (Å²) in [5.41, 5.74) is 3.82. The average molecular weight is 274 g/mol. The molecular weight excluding hydrogens is 248 g/mol. The molecule has 0 unspecified atom stereocenters. The van der Waals surface area contributed by atoms with E-state index in [9.17, 15) is 0 Å². The van der Waals surface area contributed by atoms with Gasteiger partial charge < -0.3 is 9.88 Å². The molecular formula is C16H26N4. The van der Waals surface area contributed by atoms with E-state index < -0.39 is 0 Å². The monoisotopic (exact) mass is 274 g/mol. The second-order valence-corrected chi connectivity index (χ2v) is 6.39. The summed E-state index contributed by atoms with van der Waals surface area (Å²) >= 11 is 0. The predicted molar refractivity (Wildman–Crippen MR) is 82.8 cm³/mol. The van der Waals surface area contributed by atoms with Gasteiger partial charge in [0.2, 0.25) is 0 Å². The predicted octanol–water partition coefficient (Wildman–Crippen LogP) is 2.95. The lowest BCUT2D eigenvalue weighted by molar-refractivity contribution is 0.424. The minimum Gasteiger partial charge on any atom is -0.348 e. The molecule has 0 aliphatic heterocycles. The molecule has 4 nitrogen and oxygen atoms in total. The zero-order valence-corrected chi connectivity index (χ0v) is 13.3. The Balaban J connectivity index is 2.02. The third-order valence-electron chi connectivity index (χ3n) is 3.26. The van der Waals surface area contributed by atoms with E-state index in [0.717, 1.165) is 25.3 Å². The van der Waals surface area contributed by atoms with Gasteiger partial charge in [0.25, 0.3) is 0 Å². The number of aryl methyl sites for hydroxylation is 2. The van der Waals surface area contributed by atoms with E-state index >= 15 is 0 Å². The second kappa shape index (κ2) is 5.83. The van der Waals surface area contributed by atoms with Crippen molar-refractivity contribution in [1.82, 2.24) is 19.7 Å². The molecule has 0 aliphatic rings. The van der Waals surface area contributed by atoms with Gasteiger partial charge in [0.1, 0.15) is 0 Å². The van der Waals surface area contributed by atoms with Crippen LogP contribution in [0.4, 0.5) is 0 Å². The first-order chi connectivity index (χ1) is 9.37. The first-order valence-corrected chi connectivity index (χ1v) is 7.30. The minimum atomic E-state index is 0.153. The second-order valence-electron chi connectivity index (χ2n) is 6.39. The third kappa shape index (κ3) is 3.97. The van der Waals surface area contributed by atoms with Crippen LogP contribution in [-0.2, 0) is 19.6 Å². The van der Waals surface area contributed by atoms with Gasteiger partial charge in [0.05, 0.1) is 17.9 Å². The highest BCUT2D eigenvalue weighted by atomic mass is 15.3. The SMILES string of the molecule is CCn1nc(C)cc1Cn1ccc(CNC(C)(C)C)c1. The molecule has 4 heteroatoms. The van der Waals surface area contributed by atoms with Gasteiger partial charge in [-0.05, 0) is 52.3 Å². The Morgan fingerprint density at radius 3 is 2.70 bits per heavy atom. The highest BCUT2D eigenvalue weighted by molar-refractivity contribution is 5.14. The Kier molecular flexibility index (Phi) is 4.33. The lowest BCUT2D eigenvalue weighted by Gasteiger charge is -2.19. The molecule has 0 spiro atoms. The number of hydrogen-bond donors (Lipinski definition) is 1. The third-order valence-corrected chi connectivity index (χ3v) is 3.26. The first-order valence-electron chi connectivity index (χ1n) is 7.30. The van der Waals surface area contributed by atoms with Crippen LogP contribution in [0.2, 0.25) is 0 Å². The molecule has 0 saturated carbocycles. The van der Waals surface area contributed by atoms with Crippen molar-refractivity contribution in [1.29, 1.82) is 0 Å². The van der Waals surface area contributed by atoms with Gasteiger partial charge in [-0.15, -0.1) is 0 Å². The fourth-order valence-corrected chi connectivity index (χ4v) is 2.25. The lowest BCUT2D eigenvalue weighted by atomic mass is 10.1. The van der Waals surface area contributed by atoms with E-state index in [1.165, 1.54) is 11.3 Å². The van der Waals surface area contributed by atoms with Gasteiger partial charge >= 0.3 is 0 Å². The molecule has 0 saturated heterocycles. The highest BCUT2D eigenvalue weighted by Crippen LogP contribution is 2.10. The van der Waals surface area contributed by atoms with E-state index in [1.54, 1.807) is 0 Å². The van der Waals surface area contributed by atoms with Gasteiger partial charge in [-0.25, -0.2) is 0 Å². The molecule has 0 fully saturated rings. The van der Waals surface area contributed by atoms with Crippen LogP contribution in [0.3, 0.4) is 0 Å². The van der Waals surface area contributed by atoms with Crippen LogP contribution in [0.15, 0.2) is 24.5 Å². The van der Waals surface area contributed by atoms with Crippen LogP contribution in [-0.4, -0.2) is 19.9 Å². The molecule has 0 radical (unpaired) electrons. The molecule has 20 heavy (non-hydrogen) atoms. The standard InChI is InChI=1S/C16H26N4/c1-6-20-15(9-13(2)18-20)12-19-8-7-14(11-19)10-17-16(3,4)5/h7-9,11,17H,6,10,12H2,1-5H3. The summed E-state index contributed by atoms with van der Waals surface area (Å²) in [6.45, 7) is 13.4. The van der Waals surface area contributed by atoms with E-state index in [-0.39, 0.29) is 5.54 Å². The van der Waals surface area contributed by atoms with Gasteiger partial charge in [-0.2, -0.15) is 5.10 Å². The number of nitrogens with zero attached hydrogens (tertiary/aromatic N) is 3. The summed E-state index contributed by atoms with van der Waals surface area (Å²) in [4.78, 5) is 0. The minimum absolute atomic E-state index is 0.153. The Labute approximate surface area is 121 Å². The van der Waals surface area contributed by atoms with Crippen molar-refractivity contribution in [3.05, 3.63) is 41.5 Å². The molecule has 0 atom stereocenters. The summed E-state index contributed by atoms with van der Waals surface area (Å²) in [5, 5.41) is 8.00. The van der Waals surface area contributed by atoms with Gasteiger partial charge in [0, 0.05) is 31.0 Å². The summed E-state index contributed by atoms with van der Waals surface area (Å²) in [5.74, 6) is 0. The molecule has 2 rings (SSSR count). The number of hydrogen-bond acceptors (Lipinski definition) is 2. The molecule has 0 aromatic carbocycles. The molecule has 0 aliphatic carbocycles. The fourth-order valence-electron chi connectivity index (χ4n) is 2.25. The number of nitrogens with one attached hydrogen (secondary N) is 1. The van der Waals surface area contributed by atoms with Crippen molar-refractivity contribution in [3.63, 3.8) is 0 Å². The Bertz CT molecular complexity index is 557. The van der Waals surface area contributed by atoms with Crippen molar-refractivity contribution in [2.75, 3.05) is 0 Å². The van der Waals surface area contributed by atoms with Gasteiger partial charge in [0.15, 0.2) is 0 Å². The average Bonchev–Trinajstić information content (AvgIpc) is 2.93. The van der Waals surface area contributed by atoms with Crippen LogP contribution in [0.5, 0.6) is 0 Å². The van der Waals surface area contributed by atoms with E-state index in [1.807, 2.05) is 6.92 Å². The zero-order chi connectivity index (χ0) is 14.8. The van der Waals surface area contributed by atoms with Crippen molar-refractivity contribution < 1.29 is 0 Å². The summed E-state index contributed by atoms with van der Waals surface area (Å²) in [7, 11) is 0. The quantitative estimate of drug-likeness (QED) is 0.909. The fraction of sp³-hybridized carbons (Fsp3) is 0.562. The van der Waals surface area contributed by atoms with Crippen LogP contribution in [0, 0.1) is 6.92 Å². The van der Waals surface area contributed by atoms with Crippen molar-refractivity contribution in [2.45, 2.75) is 59.8 Å². The van der Waals surface area contributed by atoms with Crippen molar-refractivity contribution >= 4 is 0 Å². The molecule has 110 valence electrons. The maximum absolute atomic E-state index is 4.49. The maximum atomic E-state index is 4.49. The Morgan fingerprint density at radius 2 is 2.05 bits per heavy atom. The first kappa shape index (κ1) is 14.9. The van der Waals surface area contributed by atoms with Gasteiger partial charge in [-0.1, -0.05) is 0 Å². The van der Waals surface area contributed by atoms with Crippen LogP contribution in [0.1, 0.15) is 44.6 Å². The number of aromatic nitrogens is 3. The van der Waals surface area contributed by atoms with E-state index in [0.29, 0.717) is 0 Å². The lowest BCUT2D eigenvalue weighted by Crippen LogP contribution is -2.34. The van der Waals surface area contributed by atoms with Crippen LogP contribution >= 0.6 is 0 Å². The van der Waals surface area contributed by atoms with E-state index in [2.05, 4.69) is 71.9 Å². The molecule has 0 amide bonds. The molecule has 2 aromatic heterocycles. The maximum Gasteiger partial charge on any atom is 0.0639 e. The largest absolute Gasteiger partial charge is 0.348 e. The summed E-state index contributed by atoms with van der Waals surface area (Å²) in [6, 6.07) is 4.34. The smallest absolute Gasteiger partial charge is 0.0639 e. The van der Waals surface area contributed by atoms with Crippen LogP contribution < -0.4 is 5.32 Å². The topological polar surface area (TPSA) is 34.8 Å². The van der Waals surface area contributed by atoms with Gasteiger partial charge in [-0.3, -0.25) is 4.68 Å².